The van der Waals surface area contributed by atoms with Gasteiger partial charge in [-0.05, 0) is 35.9 Å². The second kappa shape index (κ2) is 7.40. The van der Waals surface area contributed by atoms with Crippen molar-refractivity contribution in [1.29, 1.82) is 0 Å². The number of amides is 1. The van der Waals surface area contributed by atoms with Gasteiger partial charge < -0.3 is 14.8 Å². The fourth-order valence-corrected chi connectivity index (χ4v) is 2.85. The molecule has 0 unspecified atom stereocenters. The Balaban J connectivity index is 1.68. The minimum Gasteiger partial charge on any atom is -0.376 e. The Morgan fingerprint density at radius 3 is 2.56 bits per heavy atom. The van der Waals surface area contributed by atoms with Gasteiger partial charge in [-0.2, -0.15) is 0 Å². The molecule has 0 aliphatic carbocycles. The maximum absolute atomic E-state index is 12.4. The van der Waals surface area contributed by atoms with E-state index in [1.54, 1.807) is 18.6 Å². The Hall–Kier alpha value is -2.79. The second-order valence-electron chi connectivity index (χ2n) is 5.95. The van der Waals surface area contributed by atoms with Gasteiger partial charge >= 0.3 is 0 Å². The highest BCUT2D eigenvalue weighted by atomic mass is 35.5. The van der Waals surface area contributed by atoms with Gasteiger partial charge in [-0.15, -0.1) is 0 Å². The van der Waals surface area contributed by atoms with E-state index in [9.17, 15) is 4.79 Å². The summed E-state index contributed by atoms with van der Waals surface area (Å²) in [6.45, 7) is 0.726. The Bertz CT molecular complexity index is 858. The number of anilines is 2. The van der Waals surface area contributed by atoms with E-state index >= 15 is 0 Å². The average Bonchev–Trinajstić information content (AvgIpc) is 3.08. The Labute approximate surface area is 151 Å². The summed E-state index contributed by atoms with van der Waals surface area (Å²) in [5.74, 6) is -0.164. The summed E-state index contributed by atoms with van der Waals surface area (Å²) in [5.41, 5.74) is 3.28. The third kappa shape index (κ3) is 4.19. The number of halogens is 1. The number of aromatic nitrogens is 2. The van der Waals surface area contributed by atoms with E-state index in [-0.39, 0.29) is 5.91 Å². The van der Waals surface area contributed by atoms with Crippen molar-refractivity contribution in [3.63, 3.8) is 0 Å². The average molecular weight is 355 g/mol. The van der Waals surface area contributed by atoms with Gasteiger partial charge in [0.05, 0.1) is 17.0 Å². The Morgan fingerprint density at radius 1 is 1.20 bits per heavy atom. The van der Waals surface area contributed by atoms with Crippen LogP contribution >= 0.6 is 11.6 Å². The molecule has 0 fully saturated rings. The van der Waals surface area contributed by atoms with E-state index in [0.717, 1.165) is 17.8 Å². The summed E-state index contributed by atoms with van der Waals surface area (Å²) in [6, 6.07) is 13.0. The van der Waals surface area contributed by atoms with E-state index in [1.165, 1.54) is 0 Å². The van der Waals surface area contributed by atoms with Crippen molar-refractivity contribution in [3.05, 3.63) is 77.3 Å². The first-order valence-corrected chi connectivity index (χ1v) is 8.23. The van der Waals surface area contributed by atoms with Crippen LogP contribution in [-0.2, 0) is 6.54 Å². The first-order valence-electron chi connectivity index (χ1n) is 7.86. The maximum Gasteiger partial charge on any atom is 0.255 e. The SMILES string of the molecule is CN(C)c1ccc(NC(=O)c2ccc(Cn3ccnc3)cc2)cc1Cl. The van der Waals surface area contributed by atoms with Crippen molar-refractivity contribution in [2.24, 2.45) is 0 Å². The van der Waals surface area contributed by atoms with Gasteiger partial charge in [-0.3, -0.25) is 4.79 Å². The molecule has 2 aromatic carbocycles. The van der Waals surface area contributed by atoms with Crippen LogP contribution in [0.4, 0.5) is 11.4 Å². The highest BCUT2D eigenvalue weighted by Crippen LogP contribution is 2.27. The fraction of sp³-hybridized carbons (Fsp3) is 0.158. The van der Waals surface area contributed by atoms with Crippen molar-refractivity contribution in [3.8, 4) is 0 Å². The van der Waals surface area contributed by atoms with Crippen LogP contribution in [0, 0.1) is 0 Å². The fourth-order valence-electron chi connectivity index (χ4n) is 2.50. The van der Waals surface area contributed by atoms with Crippen molar-refractivity contribution in [1.82, 2.24) is 9.55 Å². The lowest BCUT2D eigenvalue weighted by atomic mass is 10.1. The third-order valence-electron chi connectivity index (χ3n) is 3.83. The molecule has 0 aliphatic rings. The summed E-state index contributed by atoms with van der Waals surface area (Å²) in [7, 11) is 3.84. The summed E-state index contributed by atoms with van der Waals surface area (Å²) >= 11 is 6.24. The van der Waals surface area contributed by atoms with E-state index < -0.39 is 0 Å². The molecule has 1 aromatic heterocycles. The predicted molar refractivity (Wildman–Crippen MR) is 102 cm³/mol. The molecule has 0 atom stereocenters. The first-order chi connectivity index (χ1) is 12.0. The van der Waals surface area contributed by atoms with Gasteiger partial charge in [-0.25, -0.2) is 4.98 Å². The lowest BCUT2D eigenvalue weighted by Crippen LogP contribution is -2.13. The van der Waals surface area contributed by atoms with Crippen LogP contribution in [-0.4, -0.2) is 29.6 Å². The number of nitrogens with zero attached hydrogens (tertiary/aromatic N) is 3. The molecular weight excluding hydrogens is 336 g/mol. The number of rotatable bonds is 5. The van der Waals surface area contributed by atoms with Gasteiger partial charge in [0.15, 0.2) is 0 Å². The van der Waals surface area contributed by atoms with E-state index in [0.29, 0.717) is 16.3 Å². The molecule has 0 aliphatic heterocycles. The molecule has 6 heteroatoms. The summed E-state index contributed by atoms with van der Waals surface area (Å²) < 4.78 is 1.98. The van der Waals surface area contributed by atoms with E-state index in [2.05, 4.69) is 10.3 Å². The minimum atomic E-state index is -0.164. The first kappa shape index (κ1) is 17.0. The maximum atomic E-state index is 12.4. The van der Waals surface area contributed by atoms with E-state index in [1.807, 2.05) is 66.2 Å². The van der Waals surface area contributed by atoms with Gasteiger partial charge in [0.1, 0.15) is 0 Å². The van der Waals surface area contributed by atoms with E-state index in [4.69, 9.17) is 11.6 Å². The van der Waals surface area contributed by atoms with Crippen molar-refractivity contribution < 1.29 is 4.79 Å². The monoisotopic (exact) mass is 354 g/mol. The van der Waals surface area contributed by atoms with Crippen LogP contribution in [0.5, 0.6) is 0 Å². The number of nitrogens with one attached hydrogen (secondary N) is 1. The second-order valence-corrected chi connectivity index (χ2v) is 6.35. The molecule has 0 spiro atoms. The van der Waals surface area contributed by atoms with Crippen LogP contribution in [0.2, 0.25) is 5.02 Å². The number of carbonyl (C=O) groups is 1. The zero-order valence-electron chi connectivity index (χ0n) is 14.1. The largest absolute Gasteiger partial charge is 0.376 e. The zero-order valence-corrected chi connectivity index (χ0v) is 14.9. The number of hydrogen-bond acceptors (Lipinski definition) is 3. The molecular formula is C19H19ClN4O. The molecule has 0 saturated carbocycles. The lowest BCUT2D eigenvalue weighted by molar-refractivity contribution is 0.102. The van der Waals surface area contributed by atoms with Crippen molar-refractivity contribution in [2.75, 3.05) is 24.3 Å². The third-order valence-corrected chi connectivity index (χ3v) is 4.13. The molecule has 1 heterocycles. The zero-order chi connectivity index (χ0) is 17.8. The standard InChI is InChI=1S/C19H19ClN4O/c1-23(2)18-8-7-16(11-17(18)20)22-19(25)15-5-3-14(4-6-15)12-24-10-9-21-13-24/h3-11,13H,12H2,1-2H3,(H,22,25). The molecule has 25 heavy (non-hydrogen) atoms. The topological polar surface area (TPSA) is 50.2 Å². The minimum absolute atomic E-state index is 0.164. The van der Waals surface area contributed by atoms with Gasteiger partial charge in [0, 0.05) is 44.3 Å². The number of imidazole rings is 1. The highest BCUT2D eigenvalue weighted by Gasteiger charge is 2.09. The highest BCUT2D eigenvalue weighted by molar-refractivity contribution is 6.33. The summed E-state index contributed by atoms with van der Waals surface area (Å²) in [6.07, 6.45) is 5.41. The lowest BCUT2D eigenvalue weighted by Gasteiger charge is -2.15. The van der Waals surface area contributed by atoms with Crippen LogP contribution in [0.1, 0.15) is 15.9 Å². The van der Waals surface area contributed by atoms with Crippen LogP contribution in [0.3, 0.4) is 0 Å². The molecule has 0 radical (unpaired) electrons. The number of benzene rings is 2. The van der Waals surface area contributed by atoms with Crippen LogP contribution < -0.4 is 10.2 Å². The molecule has 128 valence electrons. The predicted octanol–water partition coefficient (Wildman–Crippen LogP) is 3.90. The summed E-state index contributed by atoms with van der Waals surface area (Å²) in [5, 5.41) is 3.47. The van der Waals surface area contributed by atoms with Gasteiger partial charge in [-0.1, -0.05) is 23.7 Å². The molecule has 1 N–H and O–H groups in total. The smallest absolute Gasteiger partial charge is 0.255 e. The Morgan fingerprint density at radius 2 is 1.96 bits per heavy atom. The molecule has 5 nitrogen and oxygen atoms in total. The Kier molecular flexibility index (Phi) is 5.05. The van der Waals surface area contributed by atoms with Crippen molar-refractivity contribution in [2.45, 2.75) is 6.54 Å². The molecule has 0 bridgehead atoms. The normalized spacial score (nSPS) is 10.5. The van der Waals surface area contributed by atoms with Crippen molar-refractivity contribution >= 4 is 28.9 Å². The van der Waals surface area contributed by atoms with Gasteiger partial charge in [0.25, 0.3) is 5.91 Å². The number of hydrogen-bond donors (Lipinski definition) is 1. The van der Waals surface area contributed by atoms with Crippen LogP contribution in [0.15, 0.2) is 61.2 Å². The van der Waals surface area contributed by atoms with Gasteiger partial charge in [0.2, 0.25) is 0 Å². The molecule has 3 rings (SSSR count). The number of carbonyl (C=O) groups excluding carboxylic acids is 1. The molecule has 1 amide bonds. The molecule has 3 aromatic rings. The molecule has 0 saturated heterocycles. The summed E-state index contributed by atoms with van der Waals surface area (Å²) in [4.78, 5) is 18.3. The quantitative estimate of drug-likeness (QED) is 0.756. The van der Waals surface area contributed by atoms with Crippen LogP contribution in [0.25, 0.3) is 0 Å².